The molecule has 8 nitrogen and oxygen atoms in total. The van der Waals surface area contributed by atoms with Crippen molar-refractivity contribution < 1.29 is 4.74 Å². The lowest BCUT2D eigenvalue weighted by Crippen LogP contribution is -2.16. The van der Waals surface area contributed by atoms with E-state index >= 15 is 0 Å². The molecule has 178 valence electrons. The molecule has 9 heteroatoms. The molecule has 6 rings (SSSR count). The van der Waals surface area contributed by atoms with Crippen LogP contribution in [0.1, 0.15) is 22.9 Å². The van der Waals surface area contributed by atoms with E-state index in [1.165, 1.54) is 15.6 Å². The maximum atomic E-state index is 5.25. The van der Waals surface area contributed by atoms with Crippen molar-refractivity contribution in [1.29, 1.82) is 0 Å². The van der Waals surface area contributed by atoms with Gasteiger partial charge in [-0.05, 0) is 64.7 Å². The molecule has 0 amide bonds. The Morgan fingerprint density at radius 3 is 2.67 bits per heavy atom. The van der Waals surface area contributed by atoms with Gasteiger partial charge in [0.1, 0.15) is 0 Å². The molecule has 0 bridgehead atoms. The Bertz CT molecular complexity index is 1690. The van der Waals surface area contributed by atoms with E-state index in [9.17, 15) is 0 Å². The molecular formula is C27H23N7OS. The van der Waals surface area contributed by atoms with Crippen LogP contribution in [0.5, 0.6) is 5.88 Å². The summed E-state index contributed by atoms with van der Waals surface area (Å²) < 4.78 is 8.29. The molecule has 0 aliphatic rings. The highest BCUT2D eigenvalue weighted by Crippen LogP contribution is 2.36. The van der Waals surface area contributed by atoms with E-state index < -0.39 is 0 Å². The highest BCUT2D eigenvalue weighted by molar-refractivity contribution is 7.17. The molecule has 2 aromatic carbocycles. The Balaban J connectivity index is 1.48. The Hall–Kier alpha value is -4.37. The third kappa shape index (κ3) is 3.93. The second kappa shape index (κ2) is 9.01. The zero-order chi connectivity index (χ0) is 24.6. The fourth-order valence-electron chi connectivity index (χ4n) is 4.44. The van der Waals surface area contributed by atoms with Crippen molar-refractivity contribution in [2.24, 2.45) is 7.05 Å². The number of nitrogens with zero attached hydrogens (tertiary/aromatic N) is 6. The smallest absolute Gasteiger partial charge is 0.212 e. The summed E-state index contributed by atoms with van der Waals surface area (Å²) in [6.07, 6.45) is 7.02. The van der Waals surface area contributed by atoms with Gasteiger partial charge in [0.2, 0.25) is 5.88 Å². The summed E-state index contributed by atoms with van der Waals surface area (Å²) >= 11 is 1.76. The van der Waals surface area contributed by atoms with Crippen LogP contribution in [0.15, 0.2) is 72.6 Å². The molecule has 36 heavy (non-hydrogen) atoms. The molecule has 0 spiro atoms. The number of benzene rings is 2. The van der Waals surface area contributed by atoms with Gasteiger partial charge in [-0.2, -0.15) is 0 Å². The molecule has 1 unspecified atom stereocenters. The average molecular weight is 494 g/mol. The molecule has 0 aliphatic heterocycles. The van der Waals surface area contributed by atoms with E-state index in [1.807, 2.05) is 25.2 Å². The van der Waals surface area contributed by atoms with Gasteiger partial charge in [-0.15, -0.1) is 16.4 Å². The van der Waals surface area contributed by atoms with E-state index in [2.05, 4.69) is 67.2 Å². The minimum Gasteiger partial charge on any atom is -0.481 e. The Morgan fingerprint density at radius 2 is 1.89 bits per heavy atom. The summed E-state index contributed by atoms with van der Waals surface area (Å²) in [6.45, 7) is 2.15. The van der Waals surface area contributed by atoms with Gasteiger partial charge in [0, 0.05) is 47.7 Å². The van der Waals surface area contributed by atoms with E-state index in [0.29, 0.717) is 5.88 Å². The molecular weight excluding hydrogens is 470 g/mol. The Kier molecular flexibility index (Phi) is 5.54. The van der Waals surface area contributed by atoms with Crippen LogP contribution in [0.4, 0.5) is 5.69 Å². The van der Waals surface area contributed by atoms with Crippen molar-refractivity contribution in [3.63, 3.8) is 0 Å². The number of aromatic nitrogens is 6. The first-order chi connectivity index (χ1) is 17.6. The quantitative estimate of drug-likeness (QED) is 0.325. The molecule has 1 N–H and O–H groups in total. The number of nitrogens with one attached hydrogen (secondary N) is 1. The maximum absolute atomic E-state index is 5.25. The molecule has 0 aliphatic carbocycles. The second-order valence-electron chi connectivity index (χ2n) is 8.57. The molecule has 0 saturated carbocycles. The number of pyridine rings is 1. The summed E-state index contributed by atoms with van der Waals surface area (Å²) in [4.78, 5) is 13.7. The van der Waals surface area contributed by atoms with Gasteiger partial charge in [-0.3, -0.25) is 9.97 Å². The van der Waals surface area contributed by atoms with Crippen LogP contribution < -0.4 is 10.1 Å². The predicted octanol–water partition coefficient (Wildman–Crippen LogP) is 5.55. The molecule has 0 saturated heterocycles. The minimum absolute atomic E-state index is 0.244. The topological polar surface area (TPSA) is 90.6 Å². The number of fused-ring (bicyclic) bond motifs is 2. The van der Waals surface area contributed by atoms with Crippen LogP contribution in [0.3, 0.4) is 0 Å². The van der Waals surface area contributed by atoms with Crippen LogP contribution in [0.2, 0.25) is 0 Å². The average Bonchev–Trinajstić information content (AvgIpc) is 3.51. The van der Waals surface area contributed by atoms with Crippen LogP contribution in [-0.2, 0) is 7.05 Å². The van der Waals surface area contributed by atoms with E-state index in [1.54, 1.807) is 47.9 Å². The van der Waals surface area contributed by atoms with Gasteiger partial charge in [-0.1, -0.05) is 11.3 Å². The van der Waals surface area contributed by atoms with Crippen LogP contribution in [0.25, 0.3) is 32.2 Å². The first-order valence-corrected chi connectivity index (χ1v) is 12.3. The fourth-order valence-corrected chi connectivity index (χ4v) is 5.36. The number of thiophene rings is 1. The van der Waals surface area contributed by atoms with E-state index in [-0.39, 0.29) is 6.04 Å². The molecule has 4 aromatic heterocycles. The van der Waals surface area contributed by atoms with Crippen molar-refractivity contribution in [2.75, 3.05) is 12.4 Å². The number of aryl methyl sites for hydroxylation is 2. The number of anilines is 1. The first kappa shape index (κ1) is 22.1. The first-order valence-electron chi connectivity index (χ1n) is 11.4. The van der Waals surface area contributed by atoms with Crippen LogP contribution in [-0.4, -0.2) is 37.1 Å². The van der Waals surface area contributed by atoms with E-state index in [4.69, 9.17) is 4.74 Å². The number of hydrogen-bond donors (Lipinski definition) is 1. The predicted molar refractivity (Wildman–Crippen MR) is 142 cm³/mol. The van der Waals surface area contributed by atoms with Gasteiger partial charge in [-0.25, -0.2) is 9.67 Å². The molecule has 1 atom stereocenters. The minimum atomic E-state index is -0.244. The third-order valence-corrected chi connectivity index (χ3v) is 7.39. The fraction of sp³-hybridized carbons (Fsp3) is 0.148. The molecule has 0 radical (unpaired) electrons. The molecule has 4 heterocycles. The zero-order valence-corrected chi connectivity index (χ0v) is 20.8. The normalized spacial score (nSPS) is 12.2. The van der Waals surface area contributed by atoms with Gasteiger partial charge in [0.25, 0.3) is 0 Å². The SMILES string of the molecule is COc1ccc(C(Nc2cc(-c3ccc4scc(C)c4c3)c3nccnc3c2)c2cnnn2C)cn1. The van der Waals surface area contributed by atoms with Crippen molar-refractivity contribution in [2.45, 2.75) is 13.0 Å². The third-order valence-electron chi connectivity index (χ3n) is 6.31. The van der Waals surface area contributed by atoms with Crippen molar-refractivity contribution in [3.8, 4) is 17.0 Å². The van der Waals surface area contributed by atoms with Gasteiger partial charge in [0.15, 0.2) is 0 Å². The molecule has 0 fully saturated rings. The van der Waals surface area contributed by atoms with Crippen molar-refractivity contribution in [1.82, 2.24) is 29.9 Å². The van der Waals surface area contributed by atoms with Crippen molar-refractivity contribution >= 4 is 38.1 Å². The van der Waals surface area contributed by atoms with Gasteiger partial charge >= 0.3 is 0 Å². The number of ether oxygens (including phenoxy) is 1. The summed E-state index contributed by atoms with van der Waals surface area (Å²) in [5.41, 5.74) is 7.83. The second-order valence-corrected chi connectivity index (χ2v) is 9.48. The standard InChI is InChI=1S/C27H23N7OS/c1-16-15-36-24-6-4-17(10-20(16)24)21-11-19(12-22-27(21)29-9-8-28-22)32-26(23-14-31-33-34(23)2)18-5-7-25(35-3)30-13-18/h4-15,26,32H,1-3H3. The summed E-state index contributed by atoms with van der Waals surface area (Å²) in [7, 11) is 3.49. The summed E-state index contributed by atoms with van der Waals surface area (Å²) in [6, 6.07) is 14.3. The number of rotatable bonds is 6. The highest BCUT2D eigenvalue weighted by atomic mass is 32.1. The lowest BCUT2D eigenvalue weighted by molar-refractivity contribution is 0.397. The highest BCUT2D eigenvalue weighted by Gasteiger charge is 2.20. The number of hydrogen-bond acceptors (Lipinski definition) is 8. The number of methoxy groups -OCH3 is 1. The van der Waals surface area contributed by atoms with Gasteiger partial charge < -0.3 is 10.1 Å². The van der Waals surface area contributed by atoms with Gasteiger partial charge in [0.05, 0.1) is 36.1 Å². The largest absolute Gasteiger partial charge is 0.481 e. The summed E-state index contributed by atoms with van der Waals surface area (Å²) in [5.74, 6) is 0.558. The van der Waals surface area contributed by atoms with E-state index in [0.717, 1.165) is 39.1 Å². The van der Waals surface area contributed by atoms with Crippen LogP contribution >= 0.6 is 11.3 Å². The maximum Gasteiger partial charge on any atom is 0.212 e. The zero-order valence-electron chi connectivity index (χ0n) is 20.0. The van der Waals surface area contributed by atoms with Crippen LogP contribution in [0, 0.1) is 6.92 Å². The lowest BCUT2D eigenvalue weighted by atomic mass is 9.99. The molecule has 6 aromatic rings. The summed E-state index contributed by atoms with van der Waals surface area (Å²) in [5, 5.41) is 15.4. The van der Waals surface area contributed by atoms with Crippen molar-refractivity contribution in [3.05, 3.63) is 89.5 Å². The Morgan fingerprint density at radius 1 is 1.00 bits per heavy atom. The Labute approximate surface area is 211 Å². The lowest BCUT2D eigenvalue weighted by Gasteiger charge is -2.21. The monoisotopic (exact) mass is 493 g/mol.